The summed E-state index contributed by atoms with van der Waals surface area (Å²) in [5, 5.41) is 2.43. The molecule has 0 spiro atoms. The van der Waals surface area contributed by atoms with Crippen molar-refractivity contribution >= 4 is 23.8 Å². The normalized spacial score (nSPS) is 18.4. The number of carbonyl (C=O) groups is 2. The van der Waals surface area contributed by atoms with Crippen molar-refractivity contribution < 1.29 is 18.7 Å². The smallest absolute Gasteiger partial charge is 0.325 e. The zero-order valence-corrected chi connectivity index (χ0v) is 11.4. The summed E-state index contributed by atoms with van der Waals surface area (Å²) in [5.74, 6) is 1.16. The average Bonchev–Trinajstić information content (AvgIpc) is 3.05. The van der Waals surface area contributed by atoms with Crippen molar-refractivity contribution in [1.82, 2.24) is 10.2 Å². The van der Waals surface area contributed by atoms with Crippen molar-refractivity contribution in [2.24, 2.45) is 0 Å². The third kappa shape index (κ3) is 3.44. The molecule has 7 heteroatoms. The van der Waals surface area contributed by atoms with Crippen LogP contribution in [0.2, 0.25) is 0 Å². The van der Waals surface area contributed by atoms with Gasteiger partial charge in [-0.2, -0.15) is 0 Å². The van der Waals surface area contributed by atoms with Gasteiger partial charge in [-0.1, -0.05) is 0 Å². The molecule has 2 rings (SSSR count). The maximum Gasteiger partial charge on any atom is 0.325 e. The van der Waals surface area contributed by atoms with Gasteiger partial charge in [-0.05, 0) is 19.1 Å². The molecule has 104 valence electrons. The van der Waals surface area contributed by atoms with Crippen LogP contribution in [-0.4, -0.2) is 42.3 Å². The molecule has 1 aliphatic heterocycles. The largest absolute Gasteiger partial charge is 0.466 e. The fourth-order valence-electron chi connectivity index (χ4n) is 1.81. The zero-order chi connectivity index (χ0) is 13.7. The van der Waals surface area contributed by atoms with Crippen LogP contribution in [0.3, 0.4) is 0 Å². The van der Waals surface area contributed by atoms with E-state index in [9.17, 15) is 9.59 Å². The predicted molar refractivity (Wildman–Crippen MR) is 70.6 cm³/mol. The Hall–Kier alpha value is -1.63. The maximum atomic E-state index is 12.0. The number of carbonyl (C=O) groups excluding carboxylic acids is 2. The van der Waals surface area contributed by atoms with Gasteiger partial charge in [0.05, 0.1) is 12.9 Å². The molecule has 19 heavy (non-hydrogen) atoms. The molecule has 0 radical (unpaired) electrons. The van der Waals surface area contributed by atoms with E-state index in [1.54, 1.807) is 35.9 Å². The Morgan fingerprint density at radius 3 is 3.16 bits per heavy atom. The first kappa shape index (κ1) is 13.8. The van der Waals surface area contributed by atoms with E-state index in [1.165, 1.54) is 0 Å². The van der Waals surface area contributed by atoms with Gasteiger partial charge >= 0.3 is 12.0 Å². The van der Waals surface area contributed by atoms with Crippen LogP contribution < -0.4 is 5.32 Å². The van der Waals surface area contributed by atoms with Gasteiger partial charge in [0, 0.05) is 12.3 Å². The summed E-state index contributed by atoms with van der Waals surface area (Å²) in [6.45, 7) is 2.55. The van der Waals surface area contributed by atoms with Crippen molar-refractivity contribution in [3.05, 3.63) is 24.2 Å². The Morgan fingerprint density at radius 1 is 1.63 bits per heavy atom. The number of urea groups is 1. The van der Waals surface area contributed by atoms with Crippen LogP contribution in [0.4, 0.5) is 4.79 Å². The average molecular weight is 284 g/mol. The molecule has 1 aliphatic rings. The van der Waals surface area contributed by atoms with Gasteiger partial charge in [-0.15, -0.1) is 11.8 Å². The Morgan fingerprint density at radius 2 is 2.47 bits per heavy atom. The van der Waals surface area contributed by atoms with Crippen LogP contribution in [0.5, 0.6) is 0 Å². The third-order valence-electron chi connectivity index (χ3n) is 2.63. The molecule has 1 fully saturated rings. The number of rotatable bonds is 4. The van der Waals surface area contributed by atoms with Gasteiger partial charge in [-0.25, -0.2) is 4.79 Å². The lowest BCUT2D eigenvalue weighted by molar-refractivity contribution is -0.141. The van der Waals surface area contributed by atoms with E-state index in [4.69, 9.17) is 9.15 Å². The number of ether oxygens (including phenoxy) is 1. The zero-order valence-electron chi connectivity index (χ0n) is 10.6. The summed E-state index contributed by atoms with van der Waals surface area (Å²) in [5.41, 5.74) is 0. The van der Waals surface area contributed by atoms with Crippen molar-refractivity contribution in [2.75, 3.05) is 25.4 Å². The fraction of sp³-hybridized carbons (Fsp3) is 0.500. The lowest BCUT2D eigenvalue weighted by Gasteiger charge is -2.22. The number of thioether (sulfide) groups is 1. The van der Waals surface area contributed by atoms with Gasteiger partial charge in [0.25, 0.3) is 0 Å². The van der Waals surface area contributed by atoms with Gasteiger partial charge in [0.1, 0.15) is 17.7 Å². The number of hydrogen-bond acceptors (Lipinski definition) is 5. The first-order chi connectivity index (χ1) is 9.22. The first-order valence-electron chi connectivity index (χ1n) is 6.07. The minimum Gasteiger partial charge on any atom is -0.466 e. The molecule has 6 nitrogen and oxygen atoms in total. The minimum absolute atomic E-state index is 0.112. The molecule has 1 aromatic rings. The molecule has 0 unspecified atom stereocenters. The Kier molecular flexibility index (Phi) is 4.73. The molecule has 1 aromatic heterocycles. The molecule has 1 N–H and O–H groups in total. The SMILES string of the molecule is CCOC(=O)CNC(=O)N1CCS[C@H]1c1ccco1. The molecule has 1 atom stereocenters. The summed E-state index contributed by atoms with van der Waals surface area (Å²) < 4.78 is 10.1. The Bertz CT molecular complexity index is 435. The molecule has 0 aromatic carbocycles. The van der Waals surface area contributed by atoms with E-state index in [2.05, 4.69) is 5.32 Å². The summed E-state index contributed by atoms with van der Waals surface area (Å²) in [6, 6.07) is 3.36. The second kappa shape index (κ2) is 6.51. The number of nitrogens with zero attached hydrogens (tertiary/aromatic N) is 1. The van der Waals surface area contributed by atoms with Crippen molar-refractivity contribution in [3.8, 4) is 0 Å². The highest BCUT2D eigenvalue weighted by molar-refractivity contribution is 7.99. The van der Waals surface area contributed by atoms with Crippen LogP contribution in [0.15, 0.2) is 22.8 Å². The van der Waals surface area contributed by atoms with Crippen molar-refractivity contribution in [1.29, 1.82) is 0 Å². The van der Waals surface area contributed by atoms with E-state index >= 15 is 0 Å². The van der Waals surface area contributed by atoms with Crippen LogP contribution in [-0.2, 0) is 9.53 Å². The van der Waals surface area contributed by atoms with E-state index < -0.39 is 5.97 Å². The molecule has 0 bridgehead atoms. The van der Waals surface area contributed by atoms with Gasteiger partial charge in [0.2, 0.25) is 0 Å². The molecule has 0 saturated carbocycles. The van der Waals surface area contributed by atoms with E-state index in [-0.39, 0.29) is 17.9 Å². The summed E-state index contributed by atoms with van der Waals surface area (Å²) in [7, 11) is 0. The number of esters is 1. The van der Waals surface area contributed by atoms with Crippen LogP contribution >= 0.6 is 11.8 Å². The molecule has 1 saturated heterocycles. The highest BCUT2D eigenvalue weighted by Crippen LogP contribution is 2.37. The molecule has 2 amide bonds. The Labute approximate surface area is 115 Å². The highest BCUT2D eigenvalue weighted by atomic mass is 32.2. The second-order valence-electron chi connectivity index (χ2n) is 3.90. The van der Waals surface area contributed by atoms with E-state index in [0.717, 1.165) is 11.5 Å². The van der Waals surface area contributed by atoms with Crippen LogP contribution in [0.1, 0.15) is 18.1 Å². The minimum atomic E-state index is -0.433. The number of furan rings is 1. The molecular weight excluding hydrogens is 268 g/mol. The third-order valence-corrected chi connectivity index (χ3v) is 3.85. The van der Waals surface area contributed by atoms with Crippen LogP contribution in [0, 0.1) is 0 Å². The monoisotopic (exact) mass is 284 g/mol. The standard InChI is InChI=1S/C12H16N2O4S/c1-2-17-10(15)8-13-12(16)14-5-7-19-11(14)9-4-3-6-18-9/h3-4,6,11H,2,5,7-8H2,1H3,(H,13,16)/t11-/m0/s1. The van der Waals surface area contributed by atoms with Gasteiger partial charge in [0.15, 0.2) is 0 Å². The Balaban J connectivity index is 1.89. The highest BCUT2D eigenvalue weighted by Gasteiger charge is 2.32. The predicted octanol–water partition coefficient (Wildman–Crippen LogP) is 1.60. The summed E-state index contributed by atoms with van der Waals surface area (Å²) in [4.78, 5) is 24.9. The number of amides is 2. The van der Waals surface area contributed by atoms with Crippen molar-refractivity contribution in [3.63, 3.8) is 0 Å². The van der Waals surface area contributed by atoms with Crippen molar-refractivity contribution in [2.45, 2.75) is 12.3 Å². The molecule has 2 heterocycles. The molecule has 0 aliphatic carbocycles. The summed E-state index contributed by atoms with van der Waals surface area (Å²) in [6.07, 6.45) is 1.59. The quantitative estimate of drug-likeness (QED) is 0.850. The summed E-state index contributed by atoms with van der Waals surface area (Å²) >= 11 is 1.64. The van der Waals surface area contributed by atoms with Crippen LogP contribution in [0.25, 0.3) is 0 Å². The number of nitrogens with one attached hydrogen (secondary N) is 1. The second-order valence-corrected chi connectivity index (χ2v) is 5.08. The number of hydrogen-bond donors (Lipinski definition) is 1. The first-order valence-corrected chi connectivity index (χ1v) is 7.12. The maximum absolute atomic E-state index is 12.0. The van der Waals surface area contributed by atoms with E-state index in [0.29, 0.717) is 13.2 Å². The lowest BCUT2D eigenvalue weighted by atomic mass is 10.4. The molecular formula is C12H16N2O4S. The van der Waals surface area contributed by atoms with E-state index in [1.807, 2.05) is 6.07 Å². The van der Waals surface area contributed by atoms with Gasteiger partial charge < -0.3 is 19.4 Å². The topological polar surface area (TPSA) is 71.8 Å². The van der Waals surface area contributed by atoms with Gasteiger partial charge in [-0.3, -0.25) is 4.79 Å². The fourth-order valence-corrected chi connectivity index (χ4v) is 3.01. The lowest BCUT2D eigenvalue weighted by Crippen LogP contribution is -2.41.